The first-order valence-corrected chi connectivity index (χ1v) is 30.5. The van der Waals surface area contributed by atoms with Crippen molar-refractivity contribution >= 4 is 106 Å². The third kappa shape index (κ3) is 6.29. The summed E-state index contributed by atoms with van der Waals surface area (Å²) in [6, 6.07) is 91.6. The van der Waals surface area contributed by atoms with Crippen LogP contribution in [0.25, 0.3) is 76.5 Å². The smallest absolute Gasteiger partial charge is 0.117 e. The van der Waals surface area contributed by atoms with E-state index in [-0.39, 0.29) is 0 Å². The fraction of sp³-hybridized carbons (Fsp3) is 0.0588. The van der Waals surface area contributed by atoms with Crippen LogP contribution in [0.3, 0.4) is 0 Å². The summed E-state index contributed by atoms with van der Waals surface area (Å²) < 4.78 is 0. The average molecular weight is 957 g/mol. The van der Waals surface area contributed by atoms with Gasteiger partial charge < -0.3 is 9.80 Å². The van der Waals surface area contributed by atoms with Crippen LogP contribution in [0.4, 0.5) is 34.1 Å². The van der Waals surface area contributed by atoms with E-state index in [1.54, 1.807) is 0 Å². The number of hydrogen-bond acceptors (Lipinski definition) is 2. The number of nitrogens with zero attached hydrogens (tertiary/aromatic N) is 2. The largest absolute Gasteiger partial charge is 0.311 e. The van der Waals surface area contributed by atoms with Crippen LogP contribution < -0.4 is 20.2 Å². The van der Waals surface area contributed by atoms with E-state index in [1.165, 1.54) is 119 Å². The number of benzene rings is 12. The zero-order valence-corrected chi connectivity index (χ0v) is 42.7. The van der Waals surface area contributed by atoms with Gasteiger partial charge in [0.15, 0.2) is 0 Å². The average Bonchev–Trinajstić information content (AvgIpc) is 3.42. The maximum absolute atomic E-state index is 2.54. The van der Waals surface area contributed by atoms with E-state index in [0.717, 1.165) is 11.4 Å². The van der Waals surface area contributed by atoms with E-state index < -0.39 is 18.1 Å². The van der Waals surface area contributed by atoms with Gasteiger partial charge in [-0.1, -0.05) is 195 Å². The first kappa shape index (κ1) is 42.7. The fourth-order valence-corrected chi connectivity index (χ4v) is 17.9. The van der Waals surface area contributed by atoms with Gasteiger partial charge in [-0.05, 0) is 160 Å². The predicted octanol–water partition coefficient (Wildman–Crippen LogP) is 18.2. The maximum Gasteiger partial charge on any atom is 0.117 e. The summed E-state index contributed by atoms with van der Waals surface area (Å²) in [5.74, 6) is 0. The molecule has 2 aliphatic heterocycles. The molecule has 0 N–H and O–H groups in total. The molecule has 14 rings (SSSR count). The van der Waals surface area contributed by atoms with E-state index in [9.17, 15) is 0 Å². The van der Waals surface area contributed by atoms with Crippen LogP contribution in [0, 0.1) is 0 Å². The molecule has 0 bridgehead atoms. The highest BCUT2D eigenvalue weighted by Gasteiger charge is 2.39. The van der Waals surface area contributed by atoms with E-state index >= 15 is 0 Å². The Morgan fingerprint density at radius 2 is 0.694 bits per heavy atom. The standard InChI is InChI=1S/C68H52N2SSi/c1-71(2)63-35-15-11-31-59(63)69(60-32-12-16-36-64(60)71)47-39-41-56-57(43-47)67(53-30-20-24-46-22-6-8-26-50(46)53)55-42-40-48(70-61-33-13-17-37-65(61)72(3,4)66-38-18-14-34-62(66)70)44-58(55)68(56)54-28-10-9-27-52(54)51-29-19-23-45-21-5-7-25-49(45)51/h5-44H,1-4H3. The van der Waals surface area contributed by atoms with Crippen molar-refractivity contribution in [1.82, 2.24) is 0 Å². The van der Waals surface area contributed by atoms with Gasteiger partial charge in [0, 0.05) is 32.5 Å². The molecular formula is C68H52N2SSi. The predicted molar refractivity (Wildman–Crippen MR) is 315 cm³/mol. The molecule has 72 heavy (non-hydrogen) atoms. The molecule has 0 radical (unpaired) electrons. The second kappa shape index (κ2) is 16.2. The molecule has 0 aromatic heterocycles. The Hall–Kier alpha value is -8.15. The van der Waals surface area contributed by atoms with E-state index in [2.05, 4.69) is 278 Å². The molecule has 12 aromatic carbocycles. The van der Waals surface area contributed by atoms with Crippen molar-refractivity contribution in [3.8, 4) is 33.4 Å². The van der Waals surface area contributed by atoms with Crippen LogP contribution in [-0.4, -0.2) is 20.6 Å². The summed E-state index contributed by atoms with van der Waals surface area (Å²) in [5.41, 5.74) is 14.7. The monoisotopic (exact) mass is 956 g/mol. The second-order valence-corrected chi connectivity index (χ2v) is 28.3. The number of rotatable bonds is 5. The van der Waals surface area contributed by atoms with Crippen molar-refractivity contribution in [2.75, 3.05) is 22.3 Å². The van der Waals surface area contributed by atoms with Gasteiger partial charge in [0.25, 0.3) is 0 Å². The molecule has 0 amide bonds. The summed E-state index contributed by atoms with van der Waals surface area (Å²) in [4.78, 5) is 7.88. The normalized spacial score (nSPS) is 14.7. The summed E-state index contributed by atoms with van der Waals surface area (Å²) in [7, 11) is -3.30. The van der Waals surface area contributed by atoms with Crippen LogP contribution in [0.2, 0.25) is 13.1 Å². The van der Waals surface area contributed by atoms with Crippen molar-refractivity contribution in [2.24, 2.45) is 0 Å². The number of anilines is 6. The lowest BCUT2D eigenvalue weighted by atomic mass is 9.82. The Morgan fingerprint density at radius 3 is 1.26 bits per heavy atom. The SMILES string of the molecule is C[Si]1(C)c2ccccc2N(c2ccc3c(-c4cccc5ccccc45)c4cc(N5c6ccccc6S(C)(C)c6ccccc65)ccc4c(-c4ccccc4-c4cccc5ccccc45)c3c2)c2ccccc21. The zero-order chi connectivity index (χ0) is 48.3. The number of para-hydroxylation sites is 4. The lowest BCUT2D eigenvalue weighted by molar-refractivity contribution is 1.15. The Bertz CT molecular complexity index is 4100. The lowest BCUT2D eigenvalue weighted by Gasteiger charge is -2.45. The minimum absolute atomic E-state index is 1.15. The Balaban J connectivity index is 1.14. The summed E-state index contributed by atoms with van der Waals surface area (Å²) in [6.45, 7) is 5.01. The molecule has 0 fully saturated rings. The molecule has 0 spiro atoms. The van der Waals surface area contributed by atoms with Crippen LogP contribution >= 0.6 is 10.0 Å². The molecule has 344 valence electrons. The lowest BCUT2D eigenvalue weighted by Crippen LogP contribution is -2.58. The first-order valence-electron chi connectivity index (χ1n) is 25.1. The van der Waals surface area contributed by atoms with Gasteiger partial charge in [0.1, 0.15) is 8.07 Å². The van der Waals surface area contributed by atoms with Gasteiger partial charge in [-0.25, -0.2) is 0 Å². The molecule has 0 saturated heterocycles. The maximum atomic E-state index is 2.54. The molecule has 2 nitrogen and oxygen atoms in total. The van der Waals surface area contributed by atoms with Crippen LogP contribution in [0.15, 0.2) is 252 Å². The molecule has 12 aromatic rings. The third-order valence-corrected chi connectivity index (χ3v) is 22.3. The van der Waals surface area contributed by atoms with E-state index in [4.69, 9.17) is 0 Å². The Morgan fingerprint density at radius 1 is 0.306 bits per heavy atom. The summed E-state index contributed by atoms with van der Waals surface area (Å²) in [5, 5.41) is 12.8. The molecule has 0 atom stereocenters. The zero-order valence-electron chi connectivity index (χ0n) is 40.9. The van der Waals surface area contributed by atoms with Gasteiger partial charge in [0.2, 0.25) is 0 Å². The summed E-state index contributed by atoms with van der Waals surface area (Å²) >= 11 is 0. The molecule has 4 heteroatoms. The van der Waals surface area contributed by atoms with Gasteiger partial charge in [-0.15, -0.1) is 0 Å². The Labute approximate surface area is 424 Å². The second-order valence-electron chi connectivity index (χ2n) is 20.4. The minimum Gasteiger partial charge on any atom is -0.311 e. The molecule has 0 saturated carbocycles. The van der Waals surface area contributed by atoms with Crippen molar-refractivity contribution < 1.29 is 0 Å². The molecule has 2 aliphatic rings. The fourth-order valence-electron chi connectivity index (χ4n) is 12.5. The topological polar surface area (TPSA) is 6.48 Å². The number of fused-ring (bicyclic) bond motifs is 8. The molecule has 2 heterocycles. The van der Waals surface area contributed by atoms with Crippen molar-refractivity contribution in [3.63, 3.8) is 0 Å². The highest BCUT2D eigenvalue weighted by atomic mass is 32.3. The Kier molecular flexibility index (Phi) is 9.60. The third-order valence-electron chi connectivity index (χ3n) is 15.9. The van der Waals surface area contributed by atoms with E-state index in [1.807, 2.05) is 0 Å². The van der Waals surface area contributed by atoms with Crippen LogP contribution in [-0.2, 0) is 0 Å². The van der Waals surface area contributed by atoms with Gasteiger partial charge in [-0.3, -0.25) is 0 Å². The van der Waals surface area contributed by atoms with Crippen molar-refractivity contribution in [1.29, 1.82) is 0 Å². The molecular weight excluding hydrogens is 905 g/mol. The van der Waals surface area contributed by atoms with Gasteiger partial charge >= 0.3 is 0 Å². The van der Waals surface area contributed by atoms with Crippen molar-refractivity contribution in [3.05, 3.63) is 243 Å². The quantitative estimate of drug-likeness (QED) is 0.125. The minimum atomic E-state index is -2.02. The highest BCUT2D eigenvalue weighted by molar-refractivity contribution is 8.33. The molecule has 0 unspecified atom stereocenters. The van der Waals surface area contributed by atoms with Crippen molar-refractivity contribution in [2.45, 2.75) is 22.9 Å². The van der Waals surface area contributed by atoms with E-state index in [0.29, 0.717) is 0 Å². The van der Waals surface area contributed by atoms with Crippen LogP contribution in [0.1, 0.15) is 0 Å². The van der Waals surface area contributed by atoms with Gasteiger partial charge in [-0.2, -0.15) is 10.0 Å². The highest BCUT2D eigenvalue weighted by Crippen LogP contribution is 2.67. The number of hydrogen-bond donors (Lipinski definition) is 0. The summed E-state index contributed by atoms with van der Waals surface area (Å²) in [6.07, 6.45) is 4.90. The van der Waals surface area contributed by atoms with Gasteiger partial charge in [0.05, 0.1) is 11.4 Å². The van der Waals surface area contributed by atoms with Crippen LogP contribution in [0.5, 0.6) is 0 Å². The first-order chi connectivity index (χ1) is 35.3. The molecule has 0 aliphatic carbocycles.